The van der Waals surface area contributed by atoms with Crippen LogP contribution >= 0.6 is 11.8 Å². The topological polar surface area (TPSA) is 59.1 Å². The van der Waals surface area contributed by atoms with Gasteiger partial charge in [0.1, 0.15) is 11.6 Å². The second-order valence-corrected chi connectivity index (χ2v) is 5.49. The lowest BCUT2D eigenvalue weighted by Gasteiger charge is -2.20. The maximum Gasteiger partial charge on any atom is 0.191 e. The van der Waals surface area contributed by atoms with Crippen LogP contribution in [-0.2, 0) is 4.74 Å². The Hall–Kier alpha value is -1.01. The fourth-order valence-corrected chi connectivity index (χ4v) is 2.54. The van der Waals surface area contributed by atoms with Crippen molar-refractivity contribution in [1.82, 2.24) is 9.97 Å². The number of rotatable bonds is 6. The third-order valence-corrected chi connectivity index (χ3v) is 3.84. The largest absolute Gasteiger partial charge is 0.381 e. The van der Waals surface area contributed by atoms with E-state index in [4.69, 9.17) is 4.74 Å². The Balaban J connectivity index is 2.07. The number of aromatic nitrogens is 2. The third kappa shape index (κ3) is 3.98. The van der Waals surface area contributed by atoms with Crippen molar-refractivity contribution in [3.8, 4) is 0 Å². The molecule has 0 radical (unpaired) electrons. The van der Waals surface area contributed by atoms with E-state index < -0.39 is 0 Å². The van der Waals surface area contributed by atoms with Crippen molar-refractivity contribution in [2.24, 2.45) is 5.92 Å². The maximum atomic E-state index is 5.43. The fraction of sp³-hybridized carbons (Fsp3) is 0.692. The van der Waals surface area contributed by atoms with Crippen LogP contribution < -0.4 is 10.6 Å². The number of hydrogen-bond acceptors (Lipinski definition) is 6. The monoisotopic (exact) mass is 282 g/mol. The SMILES string of the molecule is CCNc1cc(NC(C)C2CCOC2)nc(SC)n1. The van der Waals surface area contributed by atoms with Crippen LogP contribution in [0.3, 0.4) is 0 Å². The van der Waals surface area contributed by atoms with Crippen LogP contribution in [-0.4, -0.2) is 42.0 Å². The Morgan fingerprint density at radius 1 is 1.47 bits per heavy atom. The first-order chi connectivity index (χ1) is 9.22. The number of ether oxygens (including phenoxy) is 1. The first-order valence-electron chi connectivity index (χ1n) is 6.74. The van der Waals surface area contributed by atoms with Gasteiger partial charge in [-0.3, -0.25) is 0 Å². The highest BCUT2D eigenvalue weighted by molar-refractivity contribution is 7.98. The van der Waals surface area contributed by atoms with Gasteiger partial charge in [0.15, 0.2) is 5.16 Å². The average Bonchev–Trinajstić information content (AvgIpc) is 2.92. The van der Waals surface area contributed by atoms with Crippen LogP contribution in [0.1, 0.15) is 20.3 Å². The second-order valence-electron chi connectivity index (χ2n) is 4.71. The minimum absolute atomic E-state index is 0.363. The Kier molecular flexibility index (Phi) is 5.27. The molecule has 0 saturated carbocycles. The normalized spacial score (nSPS) is 20.3. The molecule has 2 rings (SSSR count). The Morgan fingerprint density at radius 2 is 2.26 bits per heavy atom. The van der Waals surface area contributed by atoms with Crippen LogP contribution in [0.4, 0.5) is 11.6 Å². The van der Waals surface area contributed by atoms with E-state index in [-0.39, 0.29) is 0 Å². The van der Waals surface area contributed by atoms with Gasteiger partial charge in [0, 0.05) is 31.2 Å². The molecule has 1 fully saturated rings. The second kappa shape index (κ2) is 6.96. The van der Waals surface area contributed by atoms with Crippen molar-refractivity contribution in [3.05, 3.63) is 6.07 Å². The van der Waals surface area contributed by atoms with E-state index in [0.29, 0.717) is 12.0 Å². The molecule has 1 aliphatic rings. The molecule has 5 nitrogen and oxygen atoms in total. The average molecular weight is 282 g/mol. The predicted octanol–water partition coefficient (Wildman–Crippen LogP) is 2.47. The van der Waals surface area contributed by atoms with E-state index in [9.17, 15) is 0 Å². The molecule has 1 saturated heterocycles. The Bertz CT molecular complexity index is 410. The summed E-state index contributed by atoms with van der Waals surface area (Å²) in [5.41, 5.74) is 0. The zero-order chi connectivity index (χ0) is 13.7. The zero-order valence-corrected chi connectivity index (χ0v) is 12.6. The van der Waals surface area contributed by atoms with Crippen LogP contribution in [0.2, 0.25) is 0 Å². The van der Waals surface area contributed by atoms with Gasteiger partial charge in [-0.2, -0.15) is 0 Å². The van der Waals surface area contributed by atoms with Gasteiger partial charge in [-0.25, -0.2) is 9.97 Å². The molecule has 0 amide bonds. The van der Waals surface area contributed by atoms with Crippen molar-refractivity contribution in [2.75, 3.05) is 36.6 Å². The van der Waals surface area contributed by atoms with Gasteiger partial charge in [-0.1, -0.05) is 11.8 Å². The van der Waals surface area contributed by atoms with Crippen LogP contribution in [0, 0.1) is 5.92 Å². The summed E-state index contributed by atoms with van der Waals surface area (Å²) in [6.07, 6.45) is 3.11. The molecule has 0 aromatic carbocycles. The van der Waals surface area contributed by atoms with Gasteiger partial charge in [0.25, 0.3) is 0 Å². The third-order valence-electron chi connectivity index (χ3n) is 3.29. The van der Waals surface area contributed by atoms with Gasteiger partial charge < -0.3 is 15.4 Å². The summed E-state index contributed by atoms with van der Waals surface area (Å²) in [6, 6.07) is 2.33. The molecule has 0 bridgehead atoms. The number of anilines is 2. The van der Waals surface area contributed by atoms with Gasteiger partial charge in [0.05, 0.1) is 6.61 Å². The first-order valence-corrected chi connectivity index (χ1v) is 7.96. The summed E-state index contributed by atoms with van der Waals surface area (Å²) in [4.78, 5) is 8.93. The molecule has 2 heterocycles. The fourth-order valence-electron chi connectivity index (χ4n) is 2.16. The molecule has 2 atom stereocenters. The molecule has 6 heteroatoms. The zero-order valence-electron chi connectivity index (χ0n) is 11.8. The minimum atomic E-state index is 0.363. The number of nitrogens with zero attached hydrogens (tertiary/aromatic N) is 2. The molecule has 0 spiro atoms. The number of thioether (sulfide) groups is 1. The van der Waals surface area contributed by atoms with Crippen LogP contribution in [0.25, 0.3) is 0 Å². The molecular weight excluding hydrogens is 260 g/mol. The number of hydrogen-bond donors (Lipinski definition) is 2. The lowest BCUT2D eigenvalue weighted by Crippen LogP contribution is -2.26. The highest BCUT2D eigenvalue weighted by atomic mass is 32.2. The highest BCUT2D eigenvalue weighted by Gasteiger charge is 2.22. The smallest absolute Gasteiger partial charge is 0.191 e. The molecule has 0 aliphatic carbocycles. The summed E-state index contributed by atoms with van der Waals surface area (Å²) in [6.45, 7) is 6.82. The summed E-state index contributed by atoms with van der Waals surface area (Å²) in [5, 5.41) is 7.50. The summed E-state index contributed by atoms with van der Waals surface area (Å²) < 4.78 is 5.43. The molecule has 1 aromatic rings. The lowest BCUT2D eigenvalue weighted by atomic mass is 10.0. The molecule has 1 aliphatic heterocycles. The van der Waals surface area contributed by atoms with Gasteiger partial charge in [-0.05, 0) is 26.5 Å². The molecule has 2 N–H and O–H groups in total. The summed E-state index contributed by atoms with van der Waals surface area (Å²) in [7, 11) is 0. The van der Waals surface area contributed by atoms with Gasteiger partial charge in [-0.15, -0.1) is 0 Å². The van der Waals surface area contributed by atoms with Crippen molar-refractivity contribution in [3.63, 3.8) is 0 Å². The van der Waals surface area contributed by atoms with E-state index in [1.165, 1.54) is 0 Å². The first kappa shape index (κ1) is 14.4. The molecule has 106 valence electrons. The number of nitrogens with one attached hydrogen (secondary N) is 2. The highest BCUT2D eigenvalue weighted by Crippen LogP contribution is 2.22. The van der Waals surface area contributed by atoms with Crippen molar-refractivity contribution >= 4 is 23.4 Å². The van der Waals surface area contributed by atoms with Crippen molar-refractivity contribution in [1.29, 1.82) is 0 Å². The van der Waals surface area contributed by atoms with Crippen molar-refractivity contribution in [2.45, 2.75) is 31.5 Å². The van der Waals surface area contributed by atoms with Gasteiger partial charge in [0.2, 0.25) is 0 Å². The Morgan fingerprint density at radius 3 is 2.89 bits per heavy atom. The molecular formula is C13H22N4OS. The minimum Gasteiger partial charge on any atom is -0.381 e. The van der Waals surface area contributed by atoms with E-state index in [1.54, 1.807) is 11.8 Å². The molecule has 1 aromatic heterocycles. The van der Waals surface area contributed by atoms with E-state index in [0.717, 1.165) is 43.0 Å². The van der Waals surface area contributed by atoms with Crippen molar-refractivity contribution < 1.29 is 4.74 Å². The maximum absolute atomic E-state index is 5.43. The lowest BCUT2D eigenvalue weighted by molar-refractivity contribution is 0.183. The van der Waals surface area contributed by atoms with E-state index in [1.807, 2.05) is 12.3 Å². The molecule has 19 heavy (non-hydrogen) atoms. The van der Waals surface area contributed by atoms with Gasteiger partial charge >= 0.3 is 0 Å². The quantitative estimate of drug-likeness (QED) is 0.617. The summed E-state index contributed by atoms with van der Waals surface area (Å²) in [5.74, 6) is 2.32. The standard InChI is InChI=1S/C13H22N4OS/c1-4-14-11-7-12(17-13(16-11)19-3)15-9(2)10-5-6-18-8-10/h7,9-10H,4-6,8H2,1-3H3,(H2,14,15,16,17). The molecule has 2 unspecified atom stereocenters. The summed E-state index contributed by atoms with van der Waals surface area (Å²) >= 11 is 1.56. The van der Waals surface area contributed by atoms with Crippen LogP contribution in [0.5, 0.6) is 0 Å². The van der Waals surface area contributed by atoms with E-state index >= 15 is 0 Å². The Labute approximate surface area is 118 Å². The van der Waals surface area contributed by atoms with E-state index in [2.05, 4.69) is 34.4 Å². The van der Waals surface area contributed by atoms with Crippen LogP contribution in [0.15, 0.2) is 11.2 Å². The predicted molar refractivity (Wildman–Crippen MR) is 80.0 cm³/mol.